The highest BCUT2D eigenvalue weighted by Gasteiger charge is 2.26. The van der Waals surface area contributed by atoms with Crippen LogP contribution in [0.4, 0.5) is 0 Å². The lowest BCUT2D eigenvalue weighted by atomic mass is 9.92. The van der Waals surface area contributed by atoms with Gasteiger partial charge in [0.25, 0.3) is 0 Å². The van der Waals surface area contributed by atoms with Gasteiger partial charge in [0, 0.05) is 10.5 Å². The van der Waals surface area contributed by atoms with E-state index in [0.717, 1.165) is 0 Å². The highest BCUT2D eigenvalue weighted by atomic mass is 16.6. The molecule has 18 heavy (non-hydrogen) atoms. The third-order valence-electron chi connectivity index (χ3n) is 2.49. The molecule has 0 N–H and O–H groups in total. The zero-order valence-electron chi connectivity index (χ0n) is 10.2. The first-order chi connectivity index (χ1) is 8.56. The molecule has 0 heterocycles. The van der Waals surface area contributed by atoms with Crippen LogP contribution in [0.25, 0.3) is 0 Å². The van der Waals surface area contributed by atoms with E-state index in [9.17, 15) is 14.9 Å². The number of esters is 1. The Morgan fingerprint density at radius 3 is 2.56 bits per heavy atom. The number of hydrogen-bond donors (Lipinski definition) is 0. The number of nitrogens with zero attached hydrogens (tertiary/aromatic N) is 1. The molecule has 5 heteroatoms. The van der Waals surface area contributed by atoms with E-state index in [1.54, 1.807) is 37.3 Å². The number of rotatable bonds is 6. The fourth-order valence-corrected chi connectivity index (χ4v) is 1.62. The van der Waals surface area contributed by atoms with Gasteiger partial charge in [-0.15, -0.1) is 0 Å². The quantitative estimate of drug-likeness (QED) is 0.335. The Balaban J connectivity index is 2.95. The smallest absolute Gasteiger partial charge is 0.334 e. The van der Waals surface area contributed by atoms with Crippen molar-refractivity contribution >= 4 is 5.97 Å². The molecule has 0 bridgehead atoms. The fourth-order valence-electron chi connectivity index (χ4n) is 1.62. The molecule has 0 aliphatic carbocycles. The van der Waals surface area contributed by atoms with E-state index < -0.39 is 16.8 Å². The summed E-state index contributed by atoms with van der Waals surface area (Å²) in [4.78, 5) is 21.8. The molecule has 0 unspecified atom stereocenters. The lowest BCUT2D eigenvalue weighted by Gasteiger charge is -2.14. The van der Waals surface area contributed by atoms with E-state index >= 15 is 0 Å². The van der Waals surface area contributed by atoms with Gasteiger partial charge in [-0.1, -0.05) is 36.9 Å². The Morgan fingerprint density at radius 1 is 1.44 bits per heavy atom. The topological polar surface area (TPSA) is 69.4 Å². The van der Waals surface area contributed by atoms with Crippen molar-refractivity contribution in [2.75, 3.05) is 13.2 Å². The minimum atomic E-state index is -0.653. The van der Waals surface area contributed by atoms with Crippen molar-refractivity contribution in [1.82, 2.24) is 0 Å². The third kappa shape index (κ3) is 3.69. The van der Waals surface area contributed by atoms with Crippen LogP contribution in [0.5, 0.6) is 0 Å². The average Bonchev–Trinajstić information content (AvgIpc) is 2.36. The van der Waals surface area contributed by atoms with Gasteiger partial charge in [0.05, 0.1) is 12.5 Å². The molecule has 0 radical (unpaired) electrons. The van der Waals surface area contributed by atoms with Crippen molar-refractivity contribution in [3.8, 4) is 0 Å². The molecule has 0 aliphatic rings. The van der Waals surface area contributed by atoms with Crippen LogP contribution < -0.4 is 0 Å². The summed E-state index contributed by atoms with van der Waals surface area (Å²) in [7, 11) is 0. The standard InChI is InChI=1S/C13H15NO4/c1-3-18-13(15)10(2)12(9-14(16)17)11-7-5-4-6-8-11/h4-8,12H,2-3,9H2,1H3/t12-/m0/s1. The number of carbonyl (C=O) groups excluding carboxylic acids is 1. The number of carbonyl (C=O) groups is 1. The minimum absolute atomic E-state index is 0.111. The predicted molar refractivity (Wildman–Crippen MR) is 66.8 cm³/mol. The maximum atomic E-state index is 11.6. The number of benzene rings is 1. The largest absolute Gasteiger partial charge is 0.463 e. The molecule has 0 aromatic heterocycles. The molecule has 96 valence electrons. The normalized spacial score (nSPS) is 11.6. The monoisotopic (exact) mass is 249 g/mol. The summed E-state index contributed by atoms with van der Waals surface area (Å²) in [6.07, 6.45) is 0. The van der Waals surface area contributed by atoms with Gasteiger partial charge in [-0.3, -0.25) is 10.1 Å². The van der Waals surface area contributed by atoms with E-state index in [1.165, 1.54) is 0 Å². The Hall–Kier alpha value is -2.17. The van der Waals surface area contributed by atoms with Gasteiger partial charge < -0.3 is 4.74 Å². The van der Waals surface area contributed by atoms with Crippen molar-refractivity contribution < 1.29 is 14.5 Å². The maximum Gasteiger partial charge on any atom is 0.334 e. The highest BCUT2D eigenvalue weighted by Crippen LogP contribution is 2.24. The summed E-state index contributed by atoms with van der Waals surface area (Å²) >= 11 is 0. The lowest BCUT2D eigenvalue weighted by Crippen LogP contribution is -2.20. The summed E-state index contributed by atoms with van der Waals surface area (Å²) in [6, 6.07) is 8.80. The minimum Gasteiger partial charge on any atom is -0.463 e. The van der Waals surface area contributed by atoms with Gasteiger partial charge in [-0.05, 0) is 12.5 Å². The Kier molecular flexibility index (Phi) is 5.05. The van der Waals surface area contributed by atoms with Crippen LogP contribution in [0.1, 0.15) is 18.4 Å². The van der Waals surface area contributed by atoms with Crippen molar-refractivity contribution in [2.45, 2.75) is 12.8 Å². The van der Waals surface area contributed by atoms with Gasteiger partial charge in [0.1, 0.15) is 0 Å². The molecule has 0 spiro atoms. The van der Waals surface area contributed by atoms with Crippen molar-refractivity contribution in [2.24, 2.45) is 0 Å². The molecule has 1 aromatic rings. The first-order valence-corrected chi connectivity index (χ1v) is 5.59. The molecular formula is C13H15NO4. The fraction of sp³-hybridized carbons (Fsp3) is 0.308. The van der Waals surface area contributed by atoms with E-state index in [-0.39, 0.29) is 18.7 Å². The number of nitro groups is 1. The summed E-state index contributed by atoms with van der Waals surface area (Å²) in [5.74, 6) is -1.24. The van der Waals surface area contributed by atoms with Crippen LogP contribution in [0.15, 0.2) is 42.5 Å². The Morgan fingerprint density at radius 2 is 2.06 bits per heavy atom. The summed E-state index contributed by atoms with van der Waals surface area (Å²) < 4.78 is 4.83. The average molecular weight is 249 g/mol. The second-order valence-corrected chi connectivity index (χ2v) is 3.72. The Labute approximate surface area is 105 Å². The molecule has 5 nitrogen and oxygen atoms in total. The predicted octanol–water partition coefficient (Wildman–Crippen LogP) is 2.17. The van der Waals surface area contributed by atoms with Crippen molar-refractivity contribution in [3.63, 3.8) is 0 Å². The van der Waals surface area contributed by atoms with E-state index in [0.29, 0.717) is 5.56 Å². The van der Waals surface area contributed by atoms with Crippen LogP contribution in [-0.4, -0.2) is 24.0 Å². The van der Waals surface area contributed by atoms with E-state index in [1.807, 2.05) is 0 Å². The van der Waals surface area contributed by atoms with Crippen LogP contribution in [0.2, 0.25) is 0 Å². The molecular weight excluding hydrogens is 234 g/mol. The van der Waals surface area contributed by atoms with Crippen LogP contribution >= 0.6 is 0 Å². The third-order valence-corrected chi connectivity index (χ3v) is 2.49. The first kappa shape index (κ1) is 13.9. The van der Waals surface area contributed by atoms with Crippen LogP contribution in [0, 0.1) is 10.1 Å². The molecule has 1 aromatic carbocycles. The maximum absolute atomic E-state index is 11.6. The molecule has 0 saturated heterocycles. The van der Waals surface area contributed by atoms with Gasteiger partial charge in [0.2, 0.25) is 6.54 Å². The highest BCUT2D eigenvalue weighted by molar-refractivity contribution is 5.89. The van der Waals surface area contributed by atoms with Gasteiger partial charge in [0.15, 0.2) is 0 Å². The van der Waals surface area contributed by atoms with Crippen molar-refractivity contribution in [1.29, 1.82) is 0 Å². The molecule has 0 aliphatic heterocycles. The van der Waals surface area contributed by atoms with E-state index in [4.69, 9.17) is 4.74 Å². The SMILES string of the molecule is C=C(C(=O)OCC)[C@H](C[N+](=O)[O-])c1ccccc1. The van der Waals surface area contributed by atoms with Crippen molar-refractivity contribution in [3.05, 3.63) is 58.2 Å². The second-order valence-electron chi connectivity index (χ2n) is 3.72. The first-order valence-electron chi connectivity index (χ1n) is 5.59. The summed E-state index contributed by atoms with van der Waals surface area (Å²) in [5, 5.41) is 10.7. The summed E-state index contributed by atoms with van der Waals surface area (Å²) in [6.45, 7) is 5.15. The summed E-state index contributed by atoms with van der Waals surface area (Å²) in [5.41, 5.74) is 0.798. The van der Waals surface area contributed by atoms with Gasteiger partial charge in [-0.25, -0.2) is 4.79 Å². The van der Waals surface area contributed by atoms with Gasteiger partial charge in [-0.2, -0.15) is 0 Å². The molecule has 1 rings (SSSR count). The van der Waals surface area contributed by atoms with Gasteiger partial charge >= 0.3 is 5.97 Å². The van der Waals surface area contributed by atoms with E-state index in [2.05, 4.69) is 6.58 Å². The van der Waals surface area contributed by atoms with Crippen LogP contribution in [0.3, 0.4) is 0 Å². The number of ether oxygens (including phenoxy) is 1. The molecule has 0 saturated carbocycles. The second kappa shape index (κ2) is 6.54. The molecule has 0 amide bonds. The molecule has 0 fully saturated rings. The lowest BCUT2D eigenvalue weighted by molar-refractivity contribution is -0.481. The molecule has 1 atom stereocenters. The number of hydrogen-bond acceptors (Lipinski definition) is 4. The zero-order valence-corrected chi connectivity index (χ0v) is 10.2. The zero-order chi connectivity index (χ0) is 13.5. The van der Waals surface area contributed by atoms with Crippen LogP contribution in [-0.2, 0) is 9.53 Å². The Bertz CT molecular complexity index is 442.